The summed E-state index contributed by atoms with van der Waals surface area (Å²) in [5.41, 5.74) is 11.1. The van der Waals surface area contributed by atoms with Crippen LogP contribution in [0.4, 0.5) is 28.6 Å². The number of aryl methyl sites for hydroxylation is 2. The van der Waals surface area contributed by atoms with Crippen molar-refractivity contribution in [1.29, 1.82) is 0 Å². The van der Waals surface area contributed by atoms with Crippen molar-refractivity contribution in [2.24, 2.45) is 9.98 Å². The first-order valence-electron chi connectivity index (χ1n) is 23.1. The summed E-state index contributed by atoms with van der Waals surface area (Å²) in [5, 5.41) is 6.60. The Hall–Kier alpha value is -8.26. The fraction of sp³-hybridized carbons (Fsp3) is 0.222. The van der Waals surface area contributed by atoms with Gasteiger partial charge in [0.25, 0.3) is 0 Å². The number of aromatic nitrogens is 5. The van der Waals surface area contributed by atoms with E-state index >= 15 is 0 Å². The summed E-state index contributed by atoms with van der Waals surface area (Å²) in [5.74, 6) is 0.849. The number of anilines is 3. The molecule has 0 unspecified atom stereocenters. The van der Waals surface area contributed by atoms with Gasteiger partial charge < -0.3 is 30.4 Å². The van der Waals surface area contributed by atoms with E-state index in [-0.39, 0.29) is 11.6 Å². The van der Waals surface area contributed by atoms with Gasteiger partial charge in [0.1, 0.15) is 29.9 Å². The second-order valence-electron chi connectivity index (χ2n) is 16.2. The predicted octanol–water partition coefficient (Wildman–Crippen LogP) is 10.5. The van der Waals surface area contributed by atoms with E-state index in [9.17, 15) is 9.59 Å². The van der Waals surface area contributed by atoms with Crippen molar-refractivity contribution < 1.29 is 23.6 Å². The molecule has 4 aromatic carbocycles. The number of nitrogen functional groups attached to an aromatic ring is 1. The number of imidazole rings is 1. The summed E-state index contributed by atoms with van der Waals surface area (Å²) in [6, 6.07) is 35.5. The monoisotopic (exact) mass is 907 g/mol. The Morgan fingerprint density at radius 2 is 1.10 bits per heavy atom. The fourth-order valence-electron chi connectivity index (χ4n) is 7.70. The molecule has 0 bridgehead atoms. The fourth-order valence-corrected chi connectivity index (χ4v) is 7.70. The number of unbranched alkanes of at least 4 members (excludes halogenated alkanes) is 6. The molecule has 0 aliphatic carbocycles. The SMILES string of the molecule is Nc1ncnc2c1ncn2CCCCCCOc1ccccc1C(=O)/C1=C/Nc2ccccc2N=C/C(C(=O)c2ccccc2OCCCCCC[n+]2ccccc2)=C\Nc2ccccc2N=C1. The van der Waals surface area contributed by atoms with Crippen molar-refractivity contribution in [1.82, 2.24) is 19.5 Å². The number of para-hydroxylation sites is 6. The molecular weight excluding hydrogens is 853 g/mol. The molecule has 0 atom stereocenters. The number of ether oxygens (including phenoxy) is 2. The molecule has 7 aromatic rings. The second kappa shape index (κ2) is 23.8. The number of nitrogens with one attached hydrogen (secondary N) is 2. The number of hydrogen-bond acceptors (Lipinski definition) is 12. The molecular formula is C54H55N10O4+. The molecule has 1 aliphatic heterocycles. The van der Waals surface area contributed by atoms with E-state index in [1.165, 1.54) is 6.33 Å². The average molecular weight is 908 g/mol. The number of pyridine rings is 1. The Labute approximate surface area is 396 Å². The maximum Gasteiger partial charge on any atom is 0.199 e. The highest BCUT2D eigenvalue weighted by Gasteiger charge is 2.19. The highest BCUT2D eigenvalue weighted by molar-refractivity contribution is 6.23. The first kappa shape index (κ1) is 46.3. The molecule has 344 valence electrons. The van der Waals surface area contributed by atoms with Crippen LogP contribution < -0.4 is 30.4 Å². The van der Waals surface area contributed by atoms with Crippen molar-refractivity contribution in [2.75, 3.05) is 29.6 Å². The highest BCUT2D eigenvalue weighted by Crippen LogP contribution is 2.30. The van der Waals surface area contributed by atoms with Crippen molar-refractivity contribution in [3.8, 4) is 11.5 Å². The van der Waals surface area contributed by atoms with Gasteiger partial charge >= 0.3 is 0 Å². The minimum atomic E-state index is -0.275. The van der Waals surface area contributed by atoms with Gasteiger partial charge in [-0.2, -0.15) is 0 Å². The van der Waals surface area contributed by atoms with Crippen molar-refractivity contribution in [3.63, 3.8) is 0 Å². The molecule has 0 fully saturated rings. The summed E-state index contributed by atoms with van der Waals surface area (Å²) >= 11 is 0. The topological polar surface area (TPSA) is 175 Å². The normalized spacial score (nSPS) is 13.9. The van der Waals surface area contributed by atoms with E-state index in [0.29, 0.717) is 81.1 Å². The van der Waals surface area contributed by atoms with E-state index < -0.39 is 0 Å². The molecule has 4 N–H and O–H groups in total. The number of carbonyl (C=O) groups is 2. The summed E-state index contributed by atoms with van der Waals surface area (Å²) in [7, 11) is 0. The number of hydrogen-bond donors (Lipinski definition) is 3. The summed E-state index contributed by atoms with van der Waals surface area (Å²) in [6.07, 6.45) is 21.5. The number of aliphatic imine (C=N–C) groups is 2. The van der Waals surface area contributed by atoms with Crippen LogP contribution in [0.5, 0.6) is 11.5 Å². The third-order valence-electron chi connectivity index (χ3n) is 11.4. The van der Waals surface area contributed by atoms with Crippen molar-refractivity contribution >= 4 is 63.7 Å². The molecule has 14 nitrogen and oxygen atoms in total. The number of allylic oxidation sites excluding steroid dienone is 2. The number of nitrogens with two attached hydrogens (primary N) is 1. The zero-order valence-electron chi connectivity index (χ0n) is 37.9. The van der Waals surface area contributed by atoms with Crippen molar-refractivity contribution in [3.05, 3.63) is 175 Å². The third kappa shape index (κ3) is 12.3. The van der Waals surface area contributed by atoms with Gasteiger partial charge in [-0.15, -0.1) is 0 Å². The molecule has 0 saturated carbocycles. The summed E-state index contributed by atoms with van der Waals surface area (Å²) < 4.78 is 16.7. The molecule has 68 heavy (non-hydrogen) atoms. The number of carbonyl (C=O) groups excluding carboxylic acids is 2. The molecule has 14 heteroatoms. The number of rotatable bonds is 20. The van der Waals surface area contributed by atoms with Gasteiger partial charge in [-0.05, 0) is 80.6 Å². The maximum absolute atomic E-state index is 14.4. The zero-order chi connectivity index (χ0) is 46.8. The Balaban J connectivity index is 0.935. The molecule has 0 spiro atoms. The van der Waals surface area contributed by atoms with Crippen LogP contribution in [0, 0.1) is 0 Å². The lowest BCUT2D eigenvalue weighted by atomic mass is 10.0. The molecule has 0 amide bonds. The van der Waals surface area contributed by atoms with Gasteiger partial charge in [-0.3, -0.25) is 19.6 Å². The molecule has 0 saturated heterocycles. The van der Waals surface area contributed by atoms with Gasteiger partial charge in [0.2, 0.25) is 0 Å². The lowest BCUT2D eigenvalue weighted by Crippen LogP contribution is -2.32. The van der Waals surface area contributed by atoms with Crippen LogP contribution in [0.25, 0.3) is 11.2 Å². The van der Waals surface area contributed by atoms with E-state index in [1.54, 1.807) is 43.3 Å². The van der Waals surface area contributed by atoms with Crippen LogP contribution in [-0.2, 0) is 13.1 Å². The van der Waals surface area contributed by atoms with Crippen molar-refractivity contribution in [2.45, 2.75) is 64.5 Å². The first-order valence-corrected chi connectivity index (χ1v) is 23.1. The summed E-state index contributed by atoms with van der Waals surface area (Å²) in [4.78, 5) is 51.1. The third-order valence-corrected chi connectivity index (χ3v) is 11.4. The van der Waals surface area contributed by atoms with Crippen LogP contribution >= 0.6 is 0 Å². The van der Waals surface area contributed by atoms with Crippen LogP contribution in [0.1, 0.15) is 72.1 Å². The Morgan fingerprint density at radius 3 is 1.71 bits per heavy atom. The Kier molecular flexibility index (Phi) is 16.2. The lowest BCUT2D eigenvalue weighted by Gasteiger charge is -2.13. The van der Waals surface area contributed by atoms with Gasteiger partial charge in [-0.25, -0.2) is 19.5 Å². The quantitative estimate of drug-likeness (QED) is 0.0379. The van der Waals surface area contributed by atoms with Crippen LogP contribution in [-0.4, -0.2) is 56.7 Å². The van der Waals surface area contributed by atoms with E-state index in [4.69, 9.17) is 25.2 Å². The van der Waals surface area contributed by atoms with E-state index in [0.717, 1.165) is 70.1 Å². The molecule has 4 heterocycles. The summed E-state index contributed by atoms with van der Waals surface area (Å²) in [6.45, 7) is 2.70. The predicted molar refractivity (Wildman–Crippen MR) is 268 cm³/mol. The molecule has 8 rings (SSSR count). The number of benzene rings is 4. The Morgan fingerprint density at radius 1 is 0.574 bits per heavy atom. The number of ketones is 2. The van der Waals surface area contributed by atoms with Gasteiger partial charge in [-0.1, -0.05) is 67.4 Å². The van der Waals surface area contributed by atoms with Gasteiger partial charge in [0.15, 0.2) is 35.4 Å². The van der Waals surface area contributed by atoms with Crippen LogP contribution in [0.15, 0.2) is 174 Å². The number of nitrogens with zero attached hydrogens (tertiary/aromatic N) is 7. The van der Waals surface area contributed by atoms with Gasteiger partial charge in [0, 0.05) is 49.9 Å². The Bertz CT molecular complexity index is 2940. The second-order valence-corrected chi connectivity index (χ2v) is 16.2. The smallest absolute Gasteiger partial charge is 0.199 e. The number of Topliss-reactive ketones (excluding diaryl/α,β-unsaturated/α-hetero) is 2. The van der Waals surface area contributed by atoms with Gasteiger partial charge in [0.05, 0.1) is 64.6 Å². The molecule has 1 aliphatic rings. The van der Waals surface area contributed by atoms with Crippen LogP contribution in [0.3, 0.4) is 0 Å². The first-order chi connectivity index (χ1) is 33.5. The number of fused-ring (bicyclic) bond motifs is 3. The minimum absolute atomic E-state index is 0.259. The van der Waals surface area contributed by atoms with E-state index in [2.05, 4.69) is 42.5 Å². The minimum Gasteiger partial charge on any atom is -0.493 e. The van der Waals surface area contributed by atoms with E-state index in [1.807, 2.05) is 108 Å². The molecule has 3 aromatic heterocycles. The average Bonchev–Trinajstić information content (AvgIpc) is 3.80. The largest absolute Gasteiger partial charge is 0.493 e. The molecule has 0 radical (unpaired) electrons. The van der Waals surface area contributed by atoms with Crippen LogP contribution in [0.2, 0.25) is 0 Å². The maximum atomic E-state index is 14.4. The zero-order valence-corrected chi connectivity index (χ0v) is 37.9. The standard InChI is InChI=1S/C54H54N10O4/c55-53-50-54(61-38-60-53)64(39-62-50)31-17-2-4-19-33-68-49-27-13-7-21-43(49)52(66)41-36-58-46-24-10-8-22-44(46)56-34-40(35-57-45-23-9-11-25-47(45)59-37-41)51(65)42-20-6-12-26-48(42)67-32-18-3-1-14-28-63-29-15-5-16-30-63/h5-13,15-16,20-27,29-30,34-39H,1-4,14,17-19,28,31-33H2,(H3-,55,56,57,58,59,60,61,65,66)/p+1. The lowest BCUT2D eigenvalue weighted by molar-refractivity contribution is -0.697. The highest BCUT2D eigenvalue weighted by atomic mass is 16.5.